The Bertz CT molecular complexity index is 778. The topological polar surface area (TPSA) is 71.8 Å². The molecule has 2 heterocycles. The van der Waals surface area contributed by atoms with Crippen LogP contribution in [0.1, 0.15) is 59.2 Å². The molecule has 0 bridgehead atoms. The van der Waals surface area contributed by atoms with E-state index in [2.05, 4.69) is 46.1 Å². The molecule has 2 N–H and O–H groups in total. The highest BCUT2D eigenvalue weighted by atomic mass is 16.2. The van der Waals surface area contributed by atoms with E-state index in [-0.39, 0.29) is 11.9 Å². The number of aromatic nitrogens is 3. The first-order valence-electron chi connectivity index (χ1n) is 9.16. The largest absolute Gasteiger partial charge is 0.343 e. The van der Waals surface area contributed by atoms with E-state index in [0.717, 1.165) is 38.0 Å². The van der Waals surface area contributed by atoms with Gasteiger partial charge in [0.05, 0.1) is 17.8 Å². The number of hydrogen-bond acceptors (Lipinski definition) is 4. The number of rotatable bonds is 3. The van der Waals surface area contributed by atoms with Gasteiger partial charge in [-0.25, -0.2) is 4.68 Å². The molecule has 1 fully saturated rings. The van der Waals surface area contributed by atoms with Gasteiger partial charge in [-0.1, -0.05) is 36.4 Å². The van der Waals surface area contributed by atoms with Crippen molar-refractivity contribution in [1.82, 2.24) is 25.6 Å². The van der Waals surface area contributed by atoms with Crippen LogP contribution in [0.15, 0.2) is 24.3 Å². The molecule has 2 atom stereocenters. The molecule has 25 heavy (non-hydrogen) atoms. The van der Waals surface area contributed by atoms with Crippen LogP contribution in [0.2, 0.25) is 0 Å². The molecule has 0 saturated carbocycles. The van der Waals surface area contributed by atoms with Crippen molar-refractivity contribution < 1.29 is 4.79 Å². The van der Waals surface area contributed by atoms with Crippen LogP contribution in [0.25, 0.3) is 0 Å². The van der Waals surface area contributed by atoms with E-state index in [1.165, 1.54) is 11.1 Å². The zero-order chi connectivity index (χ0) is 17.4. The monoisotopic (exact) mass is 339 g/mol. The van der Waals surface area contributed by atoms with Gasteiger partial charge >= 0.3 is 0 Å². The summed E-state index contributed by atoms with van der Waals surface area (Å²) in [6.45, 7) is 6.11. The highest BCUT2D eigenvalue weighted by Gasteiger charge is 2.32. The van der Waals surface area contributed by atoms with Crippen LogP contribution in [-0.4, -0.2) is 34.0 Å². The van der Waals surface area contributed by atoms with Crippen molar-refractivity contribution in [2.24, 2.45) is 5.92 Å². The molecule has 4 rings (SSSR count). The molecule has 1 amide bonds. The minimum Gasteiger partial charge on any atom is -0.343 e. The highest BCUT2D eigenvalue weighted by Crippen LogP contribution is 2.35. The van der Waals surface area contributed by atoms with Crippen molar-refractivity contribution in [2.45, 2.75) is 45.2 Å². The fourth-order valence-corrected chi connectivity index (χ4v) is 4.17. The third-order valence-corrected chi connectivity index (χ3v) is 5.58. The van der Waals surface area contributed by atoms with Gasteiger partial charge in [0.15, 0.2) is 5.69 Å². The fraction of sp³-hybridized carbons (Fsp3) is 0.526. The van der Waals surface area contributed by atoms with Crippen molar-refractivity contribution >= 4 is 5.91 Å². The second-order valence-electron chi connectivity index (χ2n) is 7.28. The Kier molecular flexibility index (Phi) is 4.29. The molecule has 6 nitrogen and oxygen atoms in total. The third-order valence-electron chi connectivity index (χ3n) is 5.58. The van der Waals surface area contributed by atoms with Gasteiger partial charge < -0.3 is 10.6 Å². The van der Waals surface area contributed by atoms with E-state index in [0.29, 0.717) is 17.7 Å². The lowest BCUT2D eigenvalue weighted by Gasteiger charge is -2.23. The lowest BCUT2D eigenvalue weighted by atomic mass is 10.0. The number of hydrogen-bond donors (Lipinski definition) is 2. The van der Waals surface area contributed by atoms with Crippen LogP contribution in [0.5, 0.6) is 0 Å². The van der Waals surface area contributed by atoms with Crippen molar-refractivity contribution in [1.29, 1.82) is 0 Å². The van der Waals surface area contributed by atoms with Gasteiger partial charge in [-0.2, -0.15) is 0 Å². The molecular weight excluding hydrogens is 314 g/mol. The molecule has 2 aliphatic rings. The summed E-state index contributed by atoms with van der Waals surface area (Å²) >= 11 is 0. The number of benzene rings is 1. The summed E-state index contributed by atoms with van der Waals surface area (Å²) < 4.78 is 1.93. The van der Waals surface area contributed by atoms with Gasteiger partial charge in [-0.05, 0) is 56.3 Å². The quantitative estimate of drug-likeness (QED) is 0.899. The smallest absolute Gasteiger partial charge is 0.274 e. The van der Waals surface area contributed by atoms with Crippen LogP contribution in [0, 0.1) is 12.8 Å². The van der Waals surface area contributed by atoms with Crippen molar-refractivity contribution in [3.63, 3.8) is 0 Å². The fourth-order valence-electron chi connectivity index (χ4n) is 4.17. The second kappa shape index (κ2) is 6.59. The van der Waals surface area contributed by atoms with E-state index >= 15 is 0 Å². The Morgan fingerprint density at radius 3 is 2.84 bits per heavy atom. The van der Waals surface area contributed by atoms with E-state index in [1.54, 1.807) is 0 Å². The number of carbonyl (C=O) groups excluding carboxylic acids is 1. The maximum Gasteiger partial charge on any atom is 0.274 e. The molecule has 0 radical (unpaired) electrons. The van der Waals surface area contributed by atoms with Crippen molar-refractivity contribution in [2.75, 3.05) is 13.1 Å². The number of carbonyl (C=O) groups is 1. The number of nitrogens with zero attached hydrogens (tertiary/aromatic N) is 3. The second-order valence-corrected chi connectivity index (χ2v) is 7.28. The molecule has 1 aromatic carbocycles. The van der Waals surface area contributed by atoms with Crippen LogP contribution in [-0.2, 0) is 6.42 Å². The lowest BCUT2D eigenvalue weighted by molar-refractivity contribution is 0.0921. The Balaban J connectivity index is 1.53. The van der Waals surface area contributed by atoms with E-state index in [9.17, 15) is 4.79 Å². The average molecular weight is 339 g/mol. The van der Waals surface area contributed by atoms with Crippen molar-refractivity contribution in [3.05, 3.63) is 46.8 Å². The summed E-state index contributed by atoms with van der Waals surface area (Å²) in [5.41, 5.74) is 3.88. The van der Waals surface area contributed by atoms with Crippen molar-refractivity contribution in [3.8, 4) is 0 Å². The molecule has 1 aliphatic heterocycles. The number of fused-ring (bicyclic) bond motifs is 1. The lowest BCUT2D eigenvalue weighted by Crippen LogP contribution is -2.32. The highest BCUT2D eigenvalue weighted by molar-refractivity contribution is 5.93. The van der Waals surface area contributed by atoms with Gasteiger partial charge in [0.25, 0.3) is 5.91 Å². The molecule has 1 saturated heterocycles. The van der Waals surface area contributed by atoms with Crippen LogP contribution < -0.4 is 10.6 Å². The zero-order valence-corrected chi connectivity index (χ0v) is 14.8. The number of nitrogens with one attached hydrogen (secondary N) is 2. The Hall–Kier alpha value is -2.21. The normalized spacial score (nSPS) is 23.4. The van der Waals surface area contributed by atoms with Gasteiger partial charge in [-0.15, -0.1) is 5.10 Å². The predicted molar refractivity (Wildman–Crippen MR) is 95.4 cm³/mol. The summed E-state index contributed by atoms with van der Waals surface area (Å²) in [4.78, 5) is 12.8. The summed E-state index contributed by atoms with van der Waals surface area (Å²) in [6.07, 6.45) is 3.05. The summed E-state index contributed by atoms with van der Waals surface area (Å²) in [7, 11) is 0. The molecule has 2 aromatic rings. The molecule has 2 unspecified atom stereocenters. The number of piperidine rings is 1. The van der Waals surface area contributed by atoms with Crippen LogP contribution >= 0.6 is 0 Å². The predicted octanol–water partition coefficient (Wildman–Crippen LogP) is 2.17. The van der Waals surface area contributed by atoms with Gasteiger partial charge in [-0.3, -0.25) is 4.79 Å². The molecular formula is C19H25N5O. The van der Waals surface area contributed by atoms with E-state index in [4.69, 9.17) is 0 Å². The first-order valence-corrected chi connectivity index (χ1v) is 9.16. The Labute approximate surface area is 148 Å². The molecule has 1 aromatic heterocycles. The SMILES string of the molecule is Cc1c(C(=O)NC2c3ccccc3CC2C)nnn1C1CCNCC1. The Morgan fingerprint density at radius 1 is 1.28 bits per heavy atom. The summed E-state index contributed by atoms with van der Waals surface area (Å²) in [6, 6.07) is 8.74. The molecule has 0 spiro atoms. The van der Waals surface area contributed by atoms with E-state index in [1.807, 2.05) is 17.7 Å². The molecule has 132 valence electrons. The maximum absolute atomic E-state index is 12.8. The first kappa shape index (κ1) is 16.3. The summed E-state index contributed by atoms with van der Waals surface area (Å²) in [5.74, 6) is 0.271. The maximum atomic E-state index is 12.8. The first-order chi connectivity index (χ1) is 12.1. The standard InChI is InChI=1S/C19H25N5O/c1-12-11-14-5-3-4-6-16(14)17(12)21-19(25)18-13(2)24(23-22-18)15-7-9-20-10-8-15/h3-6,12,15,17,20H,7-11H2,1-2H3,(H,21,25). The van der Waals surface area contributed by atoms with Gasteiger partial charge in [0, 0.05) is 0 Å². The average Bonchev–Trinajstić information content (AvgIpc) is 3.16. The van der Waals surface area contributed by atoms with Gasteiger partial charge in [0.1, 0.15) is 0 Å². The summed E-state index contributed by atoms with van der Waals surface area (Å²) in [5, 5.41) is 15.0. The third kappa shape index (κ3) is 2.95. The minimum absolute atomic E-state index is 0.0483. The van der Waals surface area contributed by atoms with Crippen LogP contribution in [0.3, 0.4) is 0 Å². The van der Waals surface area contributed by atoms with Crippen LogP contribution in [0.4, 0.5) is 0 Å². The number of amides is 1. The van der Waals surface area contributed by atoms with E-state index < -0.39 is 0 Å². The molecule has 6 heteroatoms. The minimum atomic E-state index is -0.119. The Morgan fingerprint density at radius 2 is 2.04 bits per heavy atom. The zero-order valence-electron chi connectivity index (χ0n) is 14.8. The van der Waals surface area contributed by atoms with Gasteiger partial charge in [0.2, 0.25) is 0 Å². The molecule has 1 aliphatic carbocycles.